The van der Waals surface area contributed by atoms with E-state index in [0.717, 1.165) is 12.1 Å². The highest BCUT2D eigenvalue weighted by Crippen LogP contribution is 2.37. The van der Waals surface area contributed by atoms with E-state index < -0.39 is 11.7 Å². The van der Waals surface area contributed by atoms with Gasteiger partial charge in [-0.1, -0.05) is 29.8 Å². The first-order valence-electron chi connectivity index (χ1n) is 5.11. The second kappa shape index (κ2) is 4.53. The van der Waals surface area contributed by atoms with Crippen LogP contribution >= 0.6 is 11.6 Å². The molecule has 0 bridgehead atoms. The van der Waals surface area contributed by atoms with E-state index in [4.69, 9.17) is 17.3 Å². The van der Waals surface area contributed by atoms with E-state index in [1.165, 1.54) is 6.07 Å². The molecule has 0 spiro atoms. The van der Waals surface area contributed by atoms with E-state index in [9.17, 15) is 13.2 Å². The maximum Gasteiger partial charge on any atom is 0.416 e. The van der Waals surface area contributed by atoms with Gasteiger partial charge in [-0.05, 0) is 24.3 Å². The number of nitrogen functional groups attached to an aromatic ring is 1. The van der Waals surface area contributed by atoms with Gasteiger partial charge in [-0.25, -0.2) is 0 Å². The van der Waals surface area contributed by atoms with E-state index in [2.05, 4.69) is 0 Å². The van der Waals surface area contributed by atoms with Crippen LogP contribution in [0.2, 0.25) is 5.02 Å². The Morgan fingerprint density at radius 1 is 0.944 bits per heavy atom. The van der Waals surface area contributed by atoms with Crippen LogP contribution in [0.15, 0.2) is 42.5 Å². The third-order valence-corrected chi connectivity index (χ3v) is 2.87. The van der Waals surface area contributed by atoms with Crippen LogP contribution in [0.3, 0.4) is 0 Å². The summed E-state index contributed by atoms with van der Waals surface area (Å²) in [6, 6.07) is 9.84. The van der Waals surface area contributed by atoms with Crippen LogP contribution in [0.1, 0.15) is 5.56 Å². The molecule has 0 aliphatic heterocycles. The lowest BCUT2D eigenvalue weighted by molar-refractivity contribution is -0.137. The fourth-order valence-electron chi connectivity index (χ4n) is 1.65. The summed E-state index contributed by atoms with van der Waals surface area (Å²) in [4.78, 5) is 0. The molecule has 0 saturated heterocycles. The molecular formula is C13H9ClF3N. The maximum absolute atomic E-state index is 12.6. The molecule has 2 N–H and O–H groups in total. The van der Waals surface area contributed by atoms with Gasteiger partial charge in [0.05, 0.1) is 5.56 Å². The summed E-state index contributed by atoms with van der Waals surface area (Å²) in [5.74, 6) is 0. The molecule has 0 radical (unpaired) electrons. The van der Waals surface area contributed by atoms with Gasteiger partial charge in [0.1, 0.15) is 0 Å². The maximum atomic E-state index is 12.6. The van der Waals surface area contributed by atoms with Crippen molar-refractivity contribution in [1.82, 2.24) is 0 Å². The third kappa shape index (κ3) is 2.43. The zero-order valence-electron chi connectivity index (χ0n) is 9.13. The monoisotopic (exact) mass is 271 g/mol. The number of halogens is 4. The molecule has 0 aliphatic rings. The van der Waals surface area contributed by atoms with Crippen molar-refractivity contribution in [2.75, 3.05) is 5.73 Å². The summed E-state index contributed by atoms with van der Waals surface area (Å²) in [6.45, 7) is 0. The summed E-state index contributed by atoms with van der Waals surface area (Å²) < 4.78 is 37.9. The van der Waals surface area contributed by atoms with Crippen LogP contribution in [0, 0.1) is 0 Å². The Hall–Kier alpha value is -1.68. The van der Waals surface area contributed by atoms with Gasteiger partial charge in [-0.3, -0.25) is 0 Å². The Bertz CT molecular complexity index is 579. The van der Waals surface area contributed by atoms with Crippen LogP contribution in [0.25, 0.3) is 11.1 Å². The minimum atomic E-state index is -4.40. The van der Waals surface area contributed by atoms with E-state index in [-0.39, 0.29) is 11.3 Å². The molecule has 2 aromatic carbocycles. The average molecular weight is 272 g/mol. The molecule has 0 fully saturated rings. The molecule has 1 nitrogen and oxygen atoms in total. The lowest BCUT2D eigenvalue weighted by atomic mass is 10.0. The molecular weight excluding hydrogens is 263 g/mol. The van der Waals surface area contributed by atoms with Crippen LogP contribution in [-0.2, 0) is 6.18 Å². The second-order valence-corrected chi connectivity index (χ2v) is 4.19. The molecule has 0 aromatic heterocycles. The van der Waals surface area contributed by atoms with Crippen molar-refractivity contribution in [3.05, 3.63) is 53.1 Å². The SMILES string of the molecule is Nc1ccc(C(F)(F)F)cc1-c1ccccc1Cl. The Labute approximate surface area is 107 Å². The molecule has 5 heteroatoms. The molecule has 2 rings (SSSR count). The number of alkyl halides is 3. The van der Waals surface area contributed by atoms with Crippen LogP contribution in [-0.4, -0.2) is 0 Å². The van der Waals surface area contributed by atoms with Crippen LogP contribution in [0.5, 0.6) is 0 Å². The fourth-order valence-corrected chi connectivity index (χ4v) is 1.88. The highest BCUT2D eigenvalue weighted by atomic mass is 35.5. The lowest BCUT2D eigenvalue weighted by Crippen LogP contribution is -2.05. The highest BCUT2D eigenvalue weighted by molar-refractivity contribution is 6.33. The van der Waals surface area contributed by atoms with Crippen molar-refractivity contribution < 1.29 is 13.2 Å². The minimum absolute atomic E-state index is 0.260. The van der Waals surface area contributed by atoms with Crippen LogP contribution in [0.4, 0.5) is 18.9 Å². The lowest BCUT2D eigenvalue weighted by Gasteiger charge is -2.12. The quantitative estimate of drug-likeness (QED) is 0.753. The third-order valence-electron chi connectivity index (χ3n) is 2.54. The largest absolute Gasteiger partial charge is 0.416 e. The number of rotatable bonds is 1. The van der Waals surface area contributed by atoms with E-state index in [1.54, 1.807) is 24.3 Å². The molecule has 0 atom stereocenters. The van der Waals surface area contributed by atoms with E-state index >= 15 is 0 Å². The second-order valence-electron chi connectivity index (χ2n) is 3.78. The topological polar surface area (TPSA) is 26.0 Å². The molecule has 0 amide bonds. The van der Waals surface area contributed by atoms with Crippen molar-refractivity contribution >= 4 is 17.3 Å². The number of nitrogens with two attached hydrogens (primary N) is 1. The summed E-state index contributed by atoms with van der Waals surface area (Å²) >= 11 is 5.96. The van der Waals surface area contributed by atoms with Gasteiger partial charge in [-0.2, -0.15) is 13.2 Å². The van der Waals surface area contributed by atoms with Gasteiger partial charge in [0.15, 0.2) is 0 Å². The Kier molecular flexibility index (Phi) is 3.22. The predicted molar refractivity (Wildman–Crippen MR) is 66.3 cm³/mol. The van der Waals surface area contributed by atoms with Crippen molar-refractivity contribution in [3.8, 4) is 11.1 Å². The molecule has 0 aliphatic carbocycles. The van der Waals surface area contributed by atoms with Gasteiger partial charge in [0.25, 0.3) is 0 Å². The Morgan fingerprint density at radius 3 is 2.22 bits per heavy atom. The number of anilines is 1. The highest BCUT2D eigenvalue weighted by Gasteiger charge is 2.31. The van der Waals surface area contributed by atoms with Crippen molar-refractivity contribution in [2.24, 2.45) is 0 Å². The molecule has 18 heavy (non-hydrogen) atoms. The van der Waals surface area contributed by atoms with Crippen molar-refractivity contribution in [3.63, 3.8) is 0 Å². The summed E-state index contributed by atoms with van der Waals surface area (Å²) in [7, 11) is 0. The predicted octanol–water partition coefficient (Wildman–Crippen LogP) is 4.61. The Morgan fingerprint density at radius 2 is 1.61 bits per heavy atom. The fraction of sp³-hybridized carbons (Fsp3) is 0.0769. The number of hydrogen-bond acceptors (Lipinski definition) is 1. The van der Waals surface area contributed by atoms with Crippen molar-refractivity contribution in [1.29, 1.82) is 0 Å². The molecule has 0 heterocycles. The summed E-state index contributed by atoms with van der Waals surface area (Å²) in [5, 5.41) is 0.364. The van der Waals surface area contributed by atoms with Crippen molar-refractivity contribution in [2.45, 2.75) is 6.18 Å². The average Bonchev–Trinajstić information content (AvgIpc) is 2.29. The van der Waals surface area contributed by atoms with Gasteiger partial charge >= 0.3 is 6.18 Å². The summed E-state index contributed by atoms with van der Waals surface area (Å²) in [6.07, 6.45) is -4.40. The smallest absolute Gasteiger partial charge is 0.398 e. The van der Waals surface area contributed by atoms with Gasteiger partial charge in [0, 0.05) is 21.8 Å². The molecule has 94 valence electrons. The first-order valence-corrected chi connectivity index (χ1v) is 5.49. The summed E-state index contributed by atoms with van der Waals surface area (Å²) in [5.41, 5.74) is 6.00. The van der Waals surface area contributed by atoms with Crippen LogP contribution < -0.4 is 5.73 Å². The normalized spacial score (nSPS) is 11.6. The van der Waals surface area contributed by atoms with E-state index in [0.29, 0.717) is 10.6 Å². The first kappa shape index (κ1) is 12.8. The Balaban J connectivity index is 2.61. The van der Waals surface area contributed by atoms with Gasteiger partial charge in [0.2, 0.25) is 0 Å². The number of benzene rings is 2. The number of hydrogen-bond donors (Lipinski definition) is 1. The standard InChI is InChI=1S/C13H9ClF3N/c14-11-4-2-1-3-9(11)10-7-8(13(15,16)17)5-6-12(10)18/h1-7H,18H2. The first-order chi connectivity index (χ1) is 8.39. The van der Waals surface area contributed by atoms with Gasteiger partial charge in [-0.15, -0.1) is 0 Å². The van der Waals surface area contributed by atoms with Gasteiger partial charge < -0.3 is 5.73 Å². The van der Waals surface area contributed by atoms with E-state index in [1.807, 2.05) is 0 Å². The zero-order valence-corrected chi connectivity index (χ0v) is 9.89. The molecule has 0 unspecified atom stereocenters. The molecule has 0 saturated carbocycles. The zero-order chi connectivity index (χ0) is 13.3. The minimum Gasteiger partial charge on any atom is -0.398 e. The molecule has 2 aromatic rings.